The molecule has 0 fully saturated rings. The maximum Gasteiger partial charge on any atom is 0.349 e. The van der Waals surface area contributed by atoms with Crippen LogP contribution < -0.4 is 4.74 Å². The summed E-state index contributed by atoms with van der Waals surface area (Å²) < 4.78 is 31.3. The lowest BCUT2D eigenvalue weighted by molar-refractivity contribution is -0.145. The lowest BCUT2D eigenvalue weighted by Crippen LogP contribution is -2.18. The molecule has 5 heteroatoms. The molecule has 2 aromatic rings. The Morgan fingerprint density at radius 1 is 1.11 bits per heavy atom. The minimum Gasteiger partial charge on any atom is -0.478 e. The highest BCUT2D eigenvalue weighted by Gasteiger charge is 2.23. The van der Waals surface area contributed by atoms with Crippen molar-refractivity contribution in [2.75, 3.05) is 0 Å². The highest BCUT2D eigenvalue weighted by Crippen LogP contribution is 2.25. The van der Waals surface area contributed by atoms with E-state index in [1.807, 2.05) is 0 Å². The number of aliphatic carboxylic acids is 1. The normalized spacial score (nSPS) is 11.9. The molecule has 3 nitrogen and oxygen atoms in total. The highest BCUT2D eigenvalue weighted by molar-refractivity contribution is 5.74. The topological polar surface area (TPSA) is 46.5 Å². The molecule has 0 aromatic heterocycles. The molecule has 19 heavy (non-hydrogen) atoms. The van der Waals surface area contributed by atoms with Crippen LogP contribution in [0.15, 0.2) is 48.5 Å². The van der Waals surface area contributed by atoms with Crippen LogP contribution in [0.2, 0.25) is 0 Å². The van der Waals surface area contributed by atoms with Crippen LogP contribution >= 0.6 is 0 Å². The number of hydrogen-bond acceptors (Lipinski definition) is 2. The monoisotopic (exact) mass is 264 g/mol. The molecular formula is C14H10F2O3. The second-order valence-electron chi connectivity index (χ2n) is 3.82. The Hall–Kier alpha value is -2.43. The zero-order valence-electron chi connectivity index (χ0n) is 9.72. The summed E-state index contributed by atoms with van der Waals surface area (Å²) >= 11 is 0. The number of ether oxygens (including phenoxy) is 1. The fourth-order valence-electron chi connectivity index (χ4n) is 1.59. The van der Waals surface area contributed by atoms with Gasteiger partial charge in [-0.2, -0.15) is 0 Å². The van der Waals surface area contributed by atoms with Crippen LogP contribution in [-0.4, -0.2) is 11.1 Å². The van der Waals surface area contributed by atoms with Gasteiger partial charge in [-0.1, -0.05) is 30.3 Å². The molecule has 0 amide bonds. The van der Waals surface area contributed by atoms with Gasteiger partial charge in [-0.15, -0.1) is 0 Å². The van der Waals surface area contributed by atoms with E-state index in [-0.39, 0.29) is 5.75 Å². The molecule has 2 rings (SSSR count). The standard InChI is InChI=1S/C14H10F2O3/c15-10-6-7-12(11(16)8-10)19-13(14(17)18)9-4-2-1-3-5-9/h1-8,13H,(H,17,18)/t13-/m0/s1. The third kappa shape index (κ3) is 3.07. The maximum atomic E-state index is 13.4. The van der Waals surface area contributed by atoms with Gasteiger partial charge in [0.1, 0.15) is 5.82 Å². The second kappa shape index (κ2) is 5.48. The van der Waals surface area contributed by atoms with E-state index in [0.29, 0.717) is 11.6 Å². The average molecular weight is 264 g/mol. The maximum absolute atomic E-state index is 13.4. The largest absolute Gasteiger partial charge is 0.478 e. The molecule has 0 aliphatic heterocycles. The number of carboxylic acids is 1. The molecule has 0 aliphatic rings. The molecule has 1 N–H and O–H groups in total. The fraction of sp³-hybridized carbons (Fsp3) is 0.0714. The molecule has 1 atom stereocenters. The van der Waals surface area contributed by atoms with Crippen molar-refractivity contribution in [3.05, 3.63) is 65.7 Å². The average Bonchev–Trinajstić information content (AvgIpc) is 2.38. The summed E-state index contributed by atoms with van der Waals surface area (Å²) in [6, 6.07) is 10.8. The van der Waals surface area contributed by atoms with Gasteiger partial charge in [0.05, 0.1) is 0 Å². The van der Waals surface area contributed by atoms with Gasteiger partial charge in [-0.3, -0.25) is 0 Å². The van der Waals surface area contributed by atoms with E-state index in [4.69, 9.17) is 9.84 Å². The highest BCUT2D eigenvalue weighted by atomic mass is 19.1. The van der Waals surface area contributed by atoms with Crippen molar-refractivity contribution in [1.29, 1.82) is 0 Å². The number of benzene rings is 2. The Balaban J connectivity index is 2.29. The molecule has 98 valence electrons. The van der Waals surface area contributed by atoms with Crippen LogP contribution in [0.25, 0.3) is 0 Å². The predicted octanol–water partition coefficient (Wildman–Crippen LogP) is 3.17. The van der Waals surface area contributed by atoms with Crippen molar-refractivity contribution in [3.8, 4) is 5.75 Å². The third-order valence-corrected chi connectivity index (χ3v) is 2.47. The van der Waals surface area contributed by atoms with Gasteiger partial charge in [0, 0.05) is 11.6 Å². The van der Waals surface area contributed by atoms with Crippen LogP contribution in [-0.2, 0) is 4.79 Å². The molecule has 2 aromatic carbocycles. The third-order valence-electron chi connectivity index (χ3n) is 2.47. The van der Waals surface area contributed by atoms with Crippen LogP contribution in [0.3, 0.4) is 0 Å². The molecular weight excluding hydrogens is 254 g/mol. The molecule has 0 saturated carbocycles. The van der Waals surface area contributed by atoms with Gasteiger partial charge in [0.25, 0.3) is 0 Å². The zero-order valence-corrected chi connectivity index (χ0v) is 9.72. The molecule has 0 aliphatic carbocycles. The van der Waals surface area contributed by atoms with Crippen molar-refractivity contribution in [1.82, 2.24) is 0 Å². The number of hydrogen-bond donors (Lipinski definition) is 1. The molecule has 0 heterocycles. The Bertz CT molecular complexity index is 584. The minimum atomic E-state index is -1.35. The lowest BCUT2D eigenvalue weighted by atomic mass is 10.1. The van der Waals surface area contributed by atoms with Gasteiger partial charge in [-0.25, -0.2) is 13.6 Å². The molecule has 0 bridgehead atoms. The summed E-state index contributed by atoms with van der Waals surface area (Å²) in [4.78, 5) is 11.2. The Kier molecular flexibility index (Phi) is 3.75. The van der Waals surface area contributed by atoms with Crippen LogP contribution in [0, 0.1) is 11.6 Å². The van der Waals surface area contributed by atoms with Crippen LogP contribution in [0.4, 0.5) is 8.78 Å². The number of carboxylic acid groups (broad SMARTS) is 1. The van der Waals surface area contributed by atoms with Crippen LogP contribution in [0.5, 0.6) is 5.75 Å². The van der Waals surface area contributed by atoms with Crippen molar-refractivity contribution in [2.24, 2.45) is 0 Å². The van der Waals surface area contributed by atoms with Gasteiger partial charge < -0.3 is 9.84 Å². The Morgan fingerprint density at radius 2 is 1.79 bits per heavy atom. The fourth-order valence-corrected chi connectivity index (χ4v) is 1.59. The minimum absolute atomic E-state index is 0.308. The smallest absolute Gasteiger partial charge is 0.349 e. The van der Waals surface area contributed by atoms with Gasteiger partial charge in [0.2, 0.25) is 6.10 Å². The van der Waals surface area contributed by atoms with E-state index in [2.05, 4.69) is 0 Å². The first kappa shape index (κ1) is 13.0. The van der Waals surface area contributed by atoms with E-state index in [1.165, 1.54) is 0 Å². The molecule has 0 spiro atoms. The Labute approximate surface area is 108 Å². The van der Waals surface area contributed by atoms with Gasteiger partial charge in [0.15, 0.2) is 11.6 Å². The quantitative estimate of drug-likeness (QED) is 0.922. The summed E-state index contributed by atoms with van der Waals surface area (Å²) in [6.45, 7) is 0. The second-order valence-corrected chi connectivity index (χ2v) is 3.82. The van der Waals surface area contributed by atoms with E-state index in [0.717, 1.165) is 12.1 Å². The molecule has 0 unspecified atom stereocenters. The van der Waals surface area contributed by atoms with Crippen molar-refractivity contribution < 1.29 is 23.4 Å². The van der Waals surface area contributed by atoms with E-state index in [9.17, 15) is 13.6 Å². The summed E-state index contributed by atoms with van der Waals surface area (Å²) in [6.07, 6.45) is -1.35. The summed E-state index contributed by atoms with van der Waals surface area (Å²) in [5.74, 6) is -3.26. The van der Waals surface area contributed by atoms with Crippen molar-refractivity contribution >= 4 is 5.97 Å². The summed E-state index contributed by atoms with van der Waals surface area (Å²) in [5.41, 5.74) is 0.374. The summed E-state index contributed by atoms with van der Waals surface area (Å²) in [7, 11) is 0. The van der Waals surface area contributed by atoms with E-state index in [1.54, 1.807) is 30.3 Å². The van der Waals surface area contributed by atoms with Gasteiger partial charge in [-0.05, 0) is 12.1 Å². The predicted molar refractivity (Wildman–Crippen MR) is 63.8 cm³/mol. The zero-order chi connectivity index (χ0) is 13.8. The number of halogens is 2. The number of carbonyl (C=O) groups is 1. The van der Waals surface area contributed by atoms with Crippen molar-refractivity contribution in [3.63, 3.8) is 0 Å². The van der Waals surface area contributed by atoms with E-state index >= 15 is 0 Å². The number of rotatable bonds is 4. The first-order chi connectivity index (χ1) is 9.08. The first-order valence-electron chi connectivity index (χ1n) is 5.47. The van der Waals surface area contributed by atoms with E-state index < -0.39 is 23.7 Å². The SMILES string of the molecule is O=C(O)[C@@H](Oc1ccc(F)cc1F)c1ccccc1. The molecule has 0 radical (unpaired) electrons. The first-order valence-corrected chi connectivity index (χ1v) is 5.47. The Morgan fingerprint density at radius 3 is 2.37 bits per heavy atom. The lowest BCUT2D eigenvalue weighted by Gasteiger charge is -2.15. The van der Waals surface area contributed by atoms with Gasteiger partial charge >= 0.3 is 5.97 Å². The van der Waals surface area contributed by atoms with Crippen LogP contribution in [0.1, 0.15) is 11.7 Å². The molecule has 0 saturated heterocycles. The summed E-state index contributed by atoms with van der Waals surface area (Å²) in [5, 5.41) is 9.11. The van der Waals surface area contributed by atoms with Crippen molar-refractivity contribution in [2.45, 2.75) is 6.10 Å².